The number of benzene rings is 2. The molecule has 6 nitrogen and oxygen atoms in total. The molecule has 3 aliphatic rings. The molecule has 2 saturated heterocycles. The van der Waals surface area contributed by atoms with Crippen LogP contribution < -0.4 is 5.73 Å². The molecule has 2 aliphatic heterocycles. The molecule has 2 N–H and O–H groups in total. The van der Waals surface area contributed by atoms with Gasteiger partial charge >= 0.3 is 0 Å². The molecule has 1 aliphatic carbocycles. The Hall–Kier alpha value is -2.70. The summed E-state index contributed by atoms with van der Waals surface area (Å²) in [5.74, 6) is -0.143. The number of nitrogens with zero attached hydrogens (tertiary/aromatic N) is 3. The Morgan fingerprint density at radius 3 is 2.31 bits per heavy atom. The minimum Gasteiger partial charge on any atom is -0.366 e. The molecule has 0 radical (unpaired) electrons. The largest absolute Gasteiger partial charge is 0.366 e. The Bertz CT molecular complexity index is 1050. The molecule has 2 aromatic carbocycles. The van der Waals surface area contributed by atoms with E-state index >= 15 is 0 Å². The lowest BCUT2D eigenvalue weighted by molar-refractivity contribution is -0.132. The number of hydrogen-bond donors (Lipinski definition) is 1. The highest BCUT2D eigenvalue weighted by Crippen LogP contribution is 2.28. The molecule has 2 aromatic rings. The number of fused-ring (bicyclic) bond motifs is 1. The van der Waals surface area contributed by atoms with Crippen molar-refractivity contribution >= 4 is 11.8 Å². The first-order valence-electron chi connectivity index (χ1n) is 13.8. The van der Waals surface area contributed by atoms with Crippen LogP contribution in [0.15, 0.2) is 42.5 Å². The summed E-state index contributed by atoms with van der Waals surface area (Å²) in [5, 5.41) is 0. The van der Waals surface area contributed by atoms with Crippen LogP contribution in [0, 0.1) is 0 Å². The van der Waals surface area contributed by atoms with Gasteiger partial charge in [0.15, 0.2) is 0 Å². The Labute approximate surface area is 215 Å². The SMILES string of the molecule is NC(=O)c1c(CCC(=O)N2CCC(N3CCN(Cc4ccccc4)CC3)CC2)ccc2c1CCCC2. The Kier molecular flexibility index (Phi) is 8.02. The Morgan fingerprint density at radius 2 is 1.58 bits per heavy atom. The number of carbonyl (C=O) groups excluding carboxylic acids is 2. The number of carbonyl (C=O) groups is 2. The van der Waals surface area contributed by atoms with E-state index in [1.807, 2.05) is 11.0 Å². The number of piperidine rings is 1. The van der Waals surface area contributed by atoms with E-state index in [-0.39, 0.29) is 11.8 Å². The molecule has 0 spiro atoms. The van der Waals surface area contributed by atoms with Gasteiger partial charge in [0.1, 0.15) is 0 Å². The zero-order valence-corrected chi connectivity index (χ0v) is 21.5. The third-order valence-electron chi connectivity index (χ3n) is 8.46. The molecule has 0 bridgehead atoms. The van der Waals surface area contributed by atoms with E-state index in [1.165, 1.54) is 17.5 Å². The zero-order chi connectivity index (χ0) is 24.9. The van der Waals surface area contributed by atoms with E-state index in [9.17, 15) is 9.59 Å². The summed E-state index contributed by atoms with van der Waals surface area (Å²) in [7, 11) is 0. The predicted molar refractivity (Wildman–Crippen MR) is 143 cm³/mol. The van der Waals surface area contributed by atoms with Crippen molar-refractivity contribution < 1.29 is 9.59 Å². The highest BCUT2D eigenvalue weighted by molar-refractivity contribution is 5.96. The fraction of sp³-hybridized carbons (Fsp3) is 0.533. The number of aryl methyl sites for hydroxylation is 2. The van der Waals surface area contributed by atoms with Gasteiger partial charge in [0.25, 0.3) is 0 Å². The highest BCUT2D eigenvalue weighted by Gasteiger charge is 2.29. The van der Waals surface area contributed by atoms with Crippen molar-refractivity contribution in [1.29, 1.82) is 0 Å². The molecule has 192 valence electrons. The molecule has 2 fully saturated rings. The average Bonchev–Trinajstić information content (AvgIpc) is 2.92. The van der Waals surface area contributed by atoms with Gasteiger partial charge in [0, 0.05) is 63.8 Å². The topological polar surface area (TPSA) is 69.9 Å². The van der Waals surface area contributed by atoms with Gasteiger partial charge < -0.3 is 10.6 Å². The minimum absolute atomic E-state index is 0.203. The lowest BCUT2D eigenvalue weighted by Gasteiger charge is -2.43. The van der Waals surface area contributed by atoms with E-state index in [2.05, 4.69) is 46.2 Å². The maximum Gasteiger partial charge on any atom is 0.249 e. The predicted octanol–water partition coefficient (Wildman–Crippen LogP) is 3.41. The van der Waals surface area contributed by atoms with Gasteiger partial charge in [-0.3, -0.25) is 19.4 Å². The third kappa shape index (κ3) is 5.81. The van der Waals surface area contributed by atoms with Gasteiger partial charge in [-0.05, 0) is 67.2 Å². The molecule has 0 saturated carbocycles. The van der Waals surface area contributed by atoms with Crippen LogP contribution in [0.5, 0.6) is 0 Å². The minimum atomic E-state index is -0.346. The Morgan fingerprint density at radius 1 is 0.861 bits per heavy atom. The van der Waals surface area contributed by atoms with Gasteiger partial charge in [0.2, 0.25) is 11.8 Å². The maximum absolute atomic E-state index is 13.0. The number of nitrogens with two attached hydrogens (primary N) is 1. The fourth-order valence-corrected chi connectivity index (χ4v) is 6.40. The van der Waals surface area contributed by atoms with Crippen LogP contribution in [0.4, 0.5) is 0 Å². The number of amides is 2. The van der Waals surface area contributed by atoms with Crippen LogP contribution in [-0.2, 0) is 30.6 Å². The second kappa shape index (κ2) is 11.6. The summed E-state index contributed by atoms with van der Waals surface area (Å²) in [6.45, 7) is 7.14. The first-order chi connectivity index (χ1) is 17.6. The monoisotopic (exact) mass is 488 g/mol. The first-order valence-corrected chi connectivity index (χ1v) is 13.8. The summed E-state index contributed by atoms with van der Waals surface area (Å²) in [5.41, 5.74) is 11.2. The molecule has 0 unspecified atom stereocenters. The van der Waals surface area contributed by atoms with E-state index in [1.54, 1.807) is 0 Å². The smallest absolute Gasteiger partial charge is 0.249 e. The van der Waals surface area contributed by atoms with Crippen LogP contribution in [0.2, 0.25) is 0 Å². The van der Waals surface area contributed by atoms with Gasteiger partial charge in [-0.15, -0.1) is 0 Å². The van der Waals surface area contributed by atoms with Crippen LogP contribution in [0.25, 0.3) is 0 Å². The summed E-state index contributed by atoms with van der Waals surface area (Å²) in [6, 6.07) is 15.5. The van der Waals surface area contributed by atoms with Crippen molar-refractivity contribution in [2.75, 3.05) is 39.3 Å². The number of rotatable bonds is 7. The molecule has 0 atom stereocenters. The van der Waals surface area contributed by atoms with E-state index in [0.717, 1.165) is 89.0 Å². The van der Waals surface area contributed by atoms with Crippen molar-refractivity contribution in [3.8, 4) is 0 Å². The number of hydrogen-bond acceptors (Lipinski definition) is 4. The summed E-state index contributed by atoms with van der Waals surface area (Å²) in [6.07, 6.45) is 7.35. The quantitative estimate of drug-likeness (QED) is 0.649. The van der Waals surface area contributed by atoms with Crippen molar-refractivity contribution in [2.45, 2.75) is 64.0 Å². The molecule has 5 rings (SSSR count). The van der Waals surface area contributed by atoms with E-state index in [0.29, 0.717) is 24.4 Å². The summed E-state index contributed by atoms with van der Waals surface area (Å²) < 4.78 is 0. The van der Waals surface area contributed by atoms with Gasteiger partial charge in [-0.25, -0.2) is 0 Å². The lowest BCUT2D eigenvalue weighted by Crippen LogP contribution is -2.53. The average molecular weight is 489 g/mol. The summed E-state index contributed by atoms with van der Waals surface area (Å²) >= 11 is 0. The molecule has 0 aromatic heterocycles. The molecular weight excluding hydrogens is 448 g/mol. The van der Waals surface area contributed by atoms with Gasteiger partial charge in [-0.1, -0.05) is 42.5 Å². The first kappa shape index (κ1) is 25.0. The standard InChI is InChI=1S/C30H40N4O2/c31-30(36)29-25(11-10-24-8-4-5-9-27(24)29)12-13-28(35)34-16-14-26(15-17-34)33-20-18-32(19-21-33)22-23-6-2-1-3-7-23/h1-3,6-7,10-11,26H,4-5,8-9,12-22H2,(H2,31,36). The van der Waals surface area contributed by atoms with E-state index in [4.69, 9.17) is 5.73 Å². The van der Waals surface area contributed by atoms with Crippen molar-refractivity contribution in [3.05, 3.63) is 70.3 Å². The van der Waals surface area contributed by atoms with Gasteiger partial charge in [0.05, 0.1) is 0 Å². The normalized spacial score (nSPS) is 19.7. The van der Waals surface area contributed by atoms with Crippen LogP contribution in [0.1, 0.15) is 64.7 Å². The van der Waals surface area contributed by atoms with Crippen molar-refractivity contribution in [1.82, 2.24) is 14.7 Å². The molecular formula is C30H40N4O2. The van der Waals surface area contributed by atoms with Crippen LogP contribution in [0.3, 0.4) is 0 Å². The number of likely N-dealkylation sites (tertiary alicyclic amines) is 1. The number of primary amides is 1. The zero-order valence-electron chi connectivity index (χ0n) is 21.5. The van der Waals surface area contributed by atoms with Crippen molar-refractivity contribution in [3.63, 3.8) is 0 Å². The van der Waals surface area contributed by atoms with Crippen LogP contribution in [-0.4, -0.2) is 71.8 Å². The maximum atomic E-state index is 13.0. The summed E-state index contributed by atoms with van der Waals surface area (Å²) in [4.78, 5) is 32.5. The molecule has 2 heterocycles. The van der Waals surface area contributed by atoms with Crippen LogP contribution >= 0.6 is 0 Å². The Balaban J connectivity index is 1.08. The highest BCUT2D eigenvalue weighted by atomic mass is 16.2. The second-order valence-electron chi connectivity index (χ2n) is 10.7. The molecule has 36 heavy (non-hydrogen) atoms. The van der Waals surface area contributed by atoms with Crippen molar-refractivity contribution in [2.24, 2.45) is 5.73 Å². The second-order valence-corrected chi connectivity index (χ2v) is 10.7. The number of piperazine rings is 1. The third-order valence-corrected chi connectivity index (χ3v) is 8.46. The lowest BCUT2D eigenvalue weighted by atomic mass is 9.84. The molecule has 2 amide bonds. The fourth-order valence-electron chi connectivity index (χ4n) is 6.40. The molecule has 6 heteroatoms. The van der Waals surface area contributed by atoms with Gasteiger partial charge in [-0.2, -0.15) is 0 Å². The van der Waals surface area contributed by atoms with E-state index < -0.39 is 0 Å².